The van der Waals surface area contributed by atoms with Crippen molar-refractivity contribution < 1.29 is 0 Å². The minimum atomic E-state index is 0.524. The van der Waals surface area contributed by atoms with Gasteiger partial charge in [0.2, 0.25) is 0 Å². The minimum Gasteiger partial charge on any atom is -0.310 e. The standard InChI is InChI=1S/C14H14N2/c1-2-6-13(14-7-9-16-14)12(5-1)11-4-3-8-15-10-11/h1-6,8,10,14,16H,7,9H2/t14-/m0/s1. The van der Waals surface area contributed by atoms with E-state index in [2.05, 4.69) is 40.6 Å². The molecule has 0 bridgehead atoms. The summed E-state index contributed by atoms with van der Waals surface area (Å²) in [6, 6.07) is 13.2. The van der Waals surface area contributed by atoms with Crippen molar-refractivity contribution in [2.75, 3.05) is 6.54 Å². The molecule has 2 aromatic rings. The Labute approximate surface area is 95.3 Å². The molecule has 80 valence electrons. The van der Waals surface area contributed by atoms with E-state index in [1.165, 1.54) is 23.1 Å². The van der Waals surface area contributed by atoms with Crippen molar-refractivity contribution in [3.63, 3.8) is 0 Å². The lowest BCUT2D eigenvalue weighted by molar-refractivity contribution is 0.384. The maximum Gasteiger partial charge on any atom is 0.0346 e. The third kappa shape index (κ3) is 1.61. The van der Waals surface area contributed by atoms with Gasteiger partial charge < -0.3 is 5.32 Å². The quantitative estimate of drug-likeness (QED) is 0.824. The van der Waals surface area contributed by atoms with Crippen LogP contribution < -0.4 is 5.32 Å². The number of hydrogen-bond donors (Lipinski definition) is 1. The minimum absolute atomic E-state index is 0.524. The zero-order chi connectivity index (χ0) is 10.8. The van der Waals surface area contributed by atoms with Crippen LogP contribution in [0.3, 0.4) is 0 Å². The van der Waals surface area contributed by atoms with Crippen LogP contribution in [0.1, 0.15) is 18.0 Å². The molecule has 1 aromatic carbocycles. The molecule has 0 radical (unpaired) electrons. The molecule has 2 heterocycles. The fourth-order valence-corrected chi connectivity index (χ4v) is 2.14. The monoisotopic (exact) mass is 210 g/mol. The zero-order valence-corrected chi connectivity index (χ0v) is 9.06. The summed E-state index contributed by atoms with van der Waals surface area (Å²) in [5.41, 5.74) is 3.89. The van der Waals surface area contributed by atoms with E-state index in [1.807, 2.05) is 18.5 Å². The molecule has 1 atom stereocenters. The summed E-state index contributed by atoms with van der Waals surface area (Å²) in [6.45, 7) is 1.13. The zero-order valence-electron chi connectivity index (χ0n) is 9.06. The average molecular weight is 210 g/mol. The molecule has 16 heavy (non-hydrogen) atoms. The highest BCUT2D eigenvalue weighted by atomic mass is 15.0. The van der Waals surface area contributed by atoms with E-state index in [1.54, 1.807) is 0 Å². The van der Waals surface area contributed by atoms with Gasteiger partial charge in [0.15, 0.2) is 0 Å². The molecular formula is C14H14N2. The van der Waals surface area contributed by atoms with Crippen LogP contribution in [0.2, 0.25) is 0 Å². The van der Waals surface area contributed by atoms with Crippen LogP contribution in [0.15, 0.2) is 48.8 Å². The van der Waals surface area contributed by atoms with Gasteiger partial charge in [0.1, 0.15) is 0 Å². The molecule has 0 amide bonds. The number of hydrogen-bond acceptors (Lipinski definition) is 2. The highest BCUT2D eigenvalue weighted by Crippen LogP contribution is 2.31. The van der Waals surface area contributed by atoms with Crippen LogP contribution in [-0.2, 0) is 0 Å². The van der Waals surface area contributed by atoms with Gasteiger partial charge in [-0.2, -0.15) is 0 Å². The fourth-order valence-electron chi connectivity index (χ4n) is 2.14. The van der Waals surface area contributed by atoms with Crippen LogP contribution in [0, 0.1) is 0 Å². The van der Waals surface area contributed by atoms with Crippen molar-refractivity contribution in [3.8, 4) is 11.1 Å². The summed E-state index contributed by atoms with van der Waals surface area (Å²) in [5, 5.41) is 3.45. The molecule has 0 unspecified atom stereocenters. The van der Waals surface area contributed by atoms with Crippen molar-refractivity contribution in [1.29, 1.82) is 0 Å². The first-order valence-corrected chi connectivity index (χ1v) is 5.68. The largest absolute Gasteiger partial charge is 0.310 e. The van der Waals surface area contributed by atoms with Crippen molar-refractivity contribution in [2.45, 2.75) is 12.5 Å². The van der Waals surface area contributed by atoms with Gasteiger partial charge in [-0.05, 0) is 30.2 Å². The van der Waals surface area contributed by atoms with Crippen molar-refractivity contribution in [2.24, 2.45) is 0 Å². The average Bonchev–Trinajstić information content (AvgIpc) is 2.29. The summed E-state index contributed by atoms with van der Waals surface area (Å²) in [7, 11) is 0. The molecular weight excluding hydrogens is 196 g/mol. The number of nitrogens with one attached hydrogen (secondary N) is 1. The van der Waals surface area contributed by atoms with Crippen LogP contribution in [-0.4, -0.2) is 11.5 Å². The van der Waals surface area contributed by atoms with Gasteiger partial charge >= 0.3 is 0 Å². The molecule has 0 spiro atoms. The fraction of sp³-hybridized carbons (Fsp3) is 0.214. The first-order chi connectivity index (χ1) is 7.95. The Morgan fingerprint density at radius 2 is 2.00 bits per heavy atom. The van der Waals surface area contributed by atoms with Gasteiger partial charge in [-0.1, -0.05) is 30.3 Å². The Hall–Kier alpha value is -1.67. The normalized spacial score (nSPS) is 19.1. The summed E-state index contributed by atoms with van der Waals surface area (Å²) in [6.07, 6.45) is 4.97. The summed E-state index contributed by atoms with van der Waals surface area (Å²) in [5.74, 6) is 0. The van der Waals surface area contributed by atoms with Gasteiger partial charge in [0.25, 0.3) is 0 Å². The topological polar surface area (TPSA) is 24.9 Å². The van der Waals surface area contributed by atoms with Crippen LogP contribution in [0.5, 0.6) is 0 Å². The lowest BCUT2D eigenvalue weighted by Crippen LogP contribution is -2.35. The highest BCUT2D eigenvalue weighted by molar-refractivity contribution is 5.67. The Kier molecular flexibility index (Phi) is 2.43. The van der Waals surface area contributed by atoms with Gasteiger partial charge in [-0.25, -0.2) is 0 Å². The molecule has 1 aromatic heterocycles. The third-order valence-corrected chi connectivity index (χ3v) is 3.13. The second-order valence-corrected chi connectivity index (χ2v) is 4.12. The van der Waals surface area contributed by atoms with E-state index in [9.17, 15) is 0 Å². The molecule has 3 rings (SSSR count). The maximum absolute atomic E-state index is 4.18. The van der Waals surface area contributed by atoms with Gasteiger partial charge in [0, 0.05) is 24.0 Å². The molecule has 1 fully saturated rings. The second kappa shape index (κ2) is 4.06. The summed E-state index contributed by atoms with van der Waals surface area (Å²) < 4.78 is 0. The predicted molar refractivity (Wildman–Crippen MR) is 65.0 cm³/mol. The molecule has 0 aliphatic carbocycles. The first kappa shape index (κ1) is 9.55. The van der Waals surface area contributed by atoms with E-state index >= 15 is 0 Å². The van der Waals surface area contributed by atoms with Crippen LogP contribution in [0.25, 0.3) is 11.1 Å². The number of pyridine rings is 1. The third-order valence-electron chi connectivity index (χ3n) is 3.13. The van der Waals surface area contributed by atoms with Crippen LogP contribution in [0.4, 0.5) is 0 Å². The van der Waals surface area contributed by atoms with E-state index in [-0.39, 0.29) is 0 Å². The lowest BCUT2D eigenvalue weighted by Gasteiger charge is -2.29. The van der Waals surface area contributed by atoms with Crippen LogP contribution >= 0.6 is 0 Å². The van der Waals surface area contributed by atoms with E-state index in [0.717, 1.165) is 6.54 Å². The van der Waals surface area contributed by atoms with Gasteiger partial charge in [-0.15, -0.1) is 0 Å². The highest BCUT2D eigenvalue weighted by Gasteiger charge is 2.21. The first-order valence-electron chi connectivity index (χ1n) is 5.68. The number of nitrogens with zero attached hydrogens (tertiary/aromatic N) is 1. The molecule has 1 aliphatic heterocycles. The van der Waals surface area contributed by atoms with Crippen molar-refractivity contribution >= 4 is 0 Å². The molecule has 2 heteroatoms. The van der Waals surface area contributed by atoms with E-state index < -0.39 is 0 Å². The van der Waals surface area contributed by atoms with Gasteiger partial charge in [0.05, 0.1) is 0 Å². The van der Waals surface area contributed by atoms with E-state index in [0.29, 0.717) is 6.04 Å². The summed E-state index contributed by atoms with van der Waals surface area (Å²) >= 11 is 0. The molecule has 1 aliphatic rings. The van der Waals surface area contributed by atoms with Crippen molar-refractivity contribution in [3.05, 3.63) is 54.4 Å². The number of benzene rings is 1. The number of aromatic nitrogens is 1. The predicted octanol–water partition coefficient (Wildman–Crippen LogP) is 2.78. The molecule has 2 nitrogen and oxygen atoms in total. The van der Waals surface area contributed by atoms with Gasteiger partial charge in [-0.3, -0.25) is 4.98 Å². The molecule has 1 saturated heterocycles. The summed E-state index contributed by atoms with van der Waals surface area (Å²) in [4.78, 5) is 4.18. The Morgan fingerprint density at radius 1 is 1.12 bits per heavy atom. The number of rotatable bonds is 2. The smallest absolute Gasteiger partial charge is 0.0346 e. The molecule has 1 N–H and O–H groups in total. The Morgan fingerprint density at radius 3 is 2.69 bits per heavy atom. The lowest BCUT2D eigenvalue weighted by atomic mass is 9.91. The second-order valence-electron chi connectivity index (χ2n) is 4.12. The van der Waals surface area contributed by atoms with Crippen molar-refractivity contribution in [1.82, 2.24) is 10.3 Å². The SMILES string of the molecule is c1cncc(-c2ccccc2[C@@H]2CCN2)c1. The Balaban J connectivity index is 2.06. The maximum atomic E-state index is 4.18. The Bertz CT molecular complexity index is 475. The van der Waals surface area contributed by atoms with E-state index in [4.69, 9.17) is 0 Å². The molecule has 0 saturated carbocycles.